The van der Waals surface area contributed by atoms with Gasteiger partial charge in [0.2, 0.25) is 0 Å². The molecule has 0 radical (unpaired) electrons. The van der Waals surface area contributed by atoms with Crippen LogP contribution in [0.5, 0.6) is 0 Å². The molecule has 2 heteroatoms. The molecule has 0 aliphatic heterocycles. The minimum atomic E-state index is 0.410. The first kappa shape index (κ1) is 12.1. The summed E-state index contributed by atoms with van der Waals surface area (Å²) in [5, 5.41) is 2.66. The van der Waals surface area contributed by atoms with E-state index in [9.17, 15) is 0 Å². The summed E-state index contributed by atoms with van der Waals surface area (Å²) in [4.78, 5) is 0.934. The van der Waals surface area contributed by atoms with E-state index in [2.05, 4.69) is 81.2 Å². The van der Waals surface area contributed by atoms with Crippen LogP contribution in [0.3, 0.4) is 0 Å². The predicted molar refractivity (Wildman–Crippen MR) is 78.6 cm³/mol. The fourth-order valence-electron chi connectivity index (χ4n) is 1.94. The Morgan fingerprint density at radius 2 is 1.69 bits per heavy atom. The average molecular weight is 342 g/mol. The minimum Gasteiger partial charge on any atom is -0.0893 e. The van der Waals surface area contributed by atoms with Gasteiger partial charge in [0.05, 0.1) is 0 Å². The number of alkyl halides is 2. The van der Waals surface area contributed by atoms with Crippen molar-refractivity contribution in [2.75, 3.05) is 0 Å². The second-order valence-electron chi connectivity index (χ2n) is 4.05. The SMILES string of the molecule is CC(Br)CC(Br)c1cccc2ccccc12. The Balaban J connectivity index is 2.44. The van der Waals surface area contributed by atoms with Crippen LogP contribution >= 0.6 is 31.9 Å². The van der Waals surface area contributed by atoms with Crippen LogP contribution < -0.4 is 0 Å². The van der Waals surface area contributed by atoms with Gasteiger partial charge in [-0.3, -0.25) is 0 Å². The minimum absolute atomic E-state index is 0.410. The molecule has 0 aliphatic carbocycles. The first-order valence-electron chi connectivity index (χ1n) is 5.44. The van der Waals surface area contributed by atoms with Crippen molar-refractivity contribution in [1.82, 2.24) is 0 Å². The largest absolute Gasteiger partial charge is 0.0893 e. The van der Waals surface area contributed by atoms with Crippen molar-refractivity contribution >= 4 is 42.6 Å². The van der Waals surface area contributed by atoms with Crippen molar-refractivity contribution in [3.8, 4) is 0 Å². The molecule has 2 rings (SSSR count). The predicted octanol–water partition coefficient (Wildman–Crippen LogP) is 5.45. The maximum absolute atomic E-state index is 3.78. The van der Waals surface area contributed by atoms with Gasteiger partial charge in [-0.1, -0.05) is 81.2 Å². The molecule has 0 heterocycles. The number of rotatable bonds is 3. The van der Waals surface area contributed by atoms with Crippen molar-refractivity contribution in [2.45, 2.75) is 23.0 Å². The van der Waals surface area contributed by atoms with Crippen LogP contribution in [-0.2, 0) is 0 Å². The number of hydrogen-bond acceptors (Lipinski definition) is 0. The normalized spacial score (nSPS) is 14.9. The summed E-state index contributed by atoms with van der Waals surface area (Å²) in [5.41, 5.74) is 1.38. The quantitative estimate of drug-likeness (QED) is 0.651. The zero-order valence-electron chi connectivity index (χ0n) is 9.16. The lowest BCUT2D eigenvalue weighted by Crippen LogP contribution is -1.98. The van der Waals surface area contributed by atoms with Crippen molar-refractivity contribution in [3.05, 3.63) is 48.0 Å². The molecule has 0 saturated heterocycles. The highest BCUT2D eigenvalue weighted by Gasteiger charge is 2.12. The molecular weight excluding hydrogens is 328 g/mol. The lowest BCUT2D eigenvalue weighted by atomic mass is 10.0. The monoisotopic (exact) mass is 340 g/mol. The smallest absolute Gasteiger partial charge is 0.0412 e. The van der Waals surface area contributed by atoms with Crippen LogP contribution in [0.15, 0.2) is 42.5 Å². The zero-order chi connectivity index (χ0) is 11.5. The maximum Gasteiger partial charge on any atom is 0.0412 e. The van der Waals surface area contributed by atoms with Gasteiger partial charge < -0.3 is 0 Å². The molecule has 0 bridgehead atoms. The highest BCUT2D eigenvalue weighted by Crippen LogP contribution is 2.34. The second-order valence-corrected chi connectivity index (χ2v) is 6.72. The van der Waals surface area contributed by atoms with Crippen LogP contribution in [-0.4, -0.2) is 4.83 Å². The van der Waals surface area contributed by atoms with Crippen molar-refractivity contribution < 1.29 is 0 Å². The van der Waals surface area contributed by atoms with E-state index in [0.717, 1.165) is 6.42 Å². The summed E-state index contributed by atoms with van der Waals surface area (Å²) in [5.74, 6) is 0. The Labute approximate surface area is 113 Å². The molecule has 0 fully saturated rings. The van der Waals surface area contributed by atoms with E-state index in [0.29, 0.717) is 9.65 Å². The first-order valence-corrected chi connectivity index (χ1v) is 7.27. The lowest BCUT2D eigenvalue weighted by Gasteiger charge is -2.14. The van der Waals surface area contributed by atoms with Crippen LogP contribution in [0.2, 0.25) is 0 Å². The van der Waals surface area contributed by atoms with E-state index >= 15 is 0 Å². The van der Waals surface area contributed by atoms with Crippen molar-refractivity contribution in [3.63, 3.8) is 0 Å². The topological polar surface area (TPSA) is 0 Å². The lowest BCUT2D eigenvalue weighted by molar-refractivity contribution is 0.819. The van der Waals surface area contributed by atoms with E-state index in [-0.39, 0.29) is 0 Å². The Morgan fingerprint density at radius 1 is 1.00 bits per heavy atom. The summed E-state index contributed by atoms with van der Waals surface area (Å²) in [6.45, 7) is 2.18. The van der Waals surface area contributed by atoms with Gasteiger partial charge >= 0.3 is 0 Å². The molecule has 2 aromatic rings. The Kier molecular flexibility index (Phi) is 4.04. The Morgan fingerprint density at radius 3 is 2.44 bits per heavy atom. The summed E-state index contributed by atoms with van der Waals surface area (Å²) in [6, 6.07) is 15.0. The first-order chi connectivity index (χ1) is 7.68. The molecule has 0 amide bonds. The maximum atomic E-state index is 3.78. The number of fused-ring (bicyclic) bond motifs is 1. The van der Waals surface area contributed by atoms with Crippen LogP contribution in [0.1, 0.15) is 23.7 Å². The van der Waals surface area contributed by atoms with E-state index in [1.165, 1.54) is 16.3 Å². The molecule has 2 unspecified atom stereocenters. The second kappa shape index (κ2) is 5.33. The highest BCUT2D eigenvalue weighted by atomic mass is 79.9. The molecular formula is C14H14Br2. The summed E-state index contributed by atoms with van der Waals surface area (Å²) in [6.07, 6.45) is 1.09. The summed E-state index contributed by atoms with van der Waals surface area (Å²) in [7, 11) is 0. The fraction of sp³-hybridized carbons (Fsp3) is 0.286. The third kappa shape index (κ3) is 2.67. The van der Waals surface area contributed by atoms with E-state index in [1.807, 2.05) is 0 Å². The standard InChI is InChI=1S/C14H14Br2/c1-10(15)9-14(16)13-8-4-6-11-5-2-3-7-12(11)13/h2-8,10,14H,9H2,1H3. The van der Waals surface area contributed by atoms with E-state index in [4.69, 9.17) is 0 Å². The van der Waals surface area contributed by atoms with Crippen molar-refractivity contribution in [1.29, 1.82) is 0 Å². The van der Waals surface area contributed by atoms with Crippen LogP contribution in [0.4, 0.5) is 0 Å². The third-order valence-corrected chi connectivity index (χ3v) is 3.93. The van der Waals surface area contributed by atoms with Gasteiger partial charge in [-0.25, -0.2) is 0 Å². The van der Waals surface area contributed by atoms with Gasteiger partial charge in [0.1, 0.15) is 0 Å². The Hall–Kier alpha value is -0.340. The number of halogens is 2. The zero-order valence-corrected chi connectivity index (χ0v) is 12.3. The van der Waals surface area contributed by atoms with Crippen LogP contribution in [0.25, 0.3) is 10.8 Å². The number of hydrogen-bond donors (Lipinski definition) is 0. The molecule has 0 saturated carbocycles. The average Bonchev–Trinajstić information content (AvgIpc) is 2.27. The van der Waals surface area contributed by atoms with E-state index in [1.54, 1.807) is 0 Å². The van der Waals surface area contributed by atoms with Gasteiger partial charge in [-0.05, 0) is 22.8 Å². The van der Waals surface area contributed by atoms with Crippen molar-refractivity contribution in [2.24, 2.45) is 0 Å². The molecule has 16 heavy (non-hydrogen) atoms. The van der Waals surface area contributed by atoms with Gasteiger partial charge in [0.15, 0.2) is 0 Å². The third-order valence-electron chi connectivity index (χ3n) is 2.69. The van der Waals surface area contributed by atoms with Gasteiger partial charge in [0, 0.05) is 9.65 Å². The summed E-state index contributed by atoms with van der Waals surface area (Å²) < 4.78 is 0. The summed E-state index contributed by atoms with van der Waals surface area (Å²) >= 11 is 7.38. The van der Waals surface area contributed by atoms with E-state index < -0.39 is 0 Å². The molecule has 0 spiro atoms. The fourth-order valence-corrected chi connectivity index (χ4v) is 3.77. The molecule has 2 aromatic carbocycles. The van der Waals surface area contributed by atoms with Gasteiger partial charge in [0.25, 0.3) is 0 Å². The molecule has 0 nitrogen and oxygen atoms in total. The molecule has 0 aliphatic rings. The molecule has 0 N–H and O–H groups in total. The molecule has 2 atom stereocenters. The molecule has 0 aromatic heterocycles. The van der Waals surface area contributed by atoms with Gasteiger partial charge in [-0.2, -0.15) is 0 Å². The number of benzene rings is 2. The van der Waals surface area contributed by atoms with Gasteiger partial charge in [-0.15, -0.1) is 0 Å². The Bertz CT molecular complexity index is 472. The highest BCUT2D eigenvalue weighted by molar-refractivity contribution is 9.10. The molecule has 84 valence electrons. The van der Waals surface area contributed by atoms with Crippen LogP contribution in [0, 0.1) is 0 Å².